The Hall–Kier alpha value is -3.03. The molecule has 198 valence electrons. The van der Waals surface area contributed by atoms with Crippen molar-refractivity contribution in [2.75, 3.05) is 0 Å². The standard InChI is InChI=1S/C30H38FNO4Si/c1-20(2)32-26-11-9-8-10-25(26)29(21-12-14-22(31)15-13-21)27(32)17-16-23(33)18-24(19-28(34)35)36-37(6,7)30(3,4)5/h8-17,20,24H,18-19H2,1-7H3,(H,34,35)/b17-16+/t24-/m1/s1. The number of aromatic nitrogens is 1. The lowest BCUT2D eigenvalue weighted by Gasteiger charge is -2.38. The van der Waals surface area contributed by atoms with Gasteiger partial charge in [0.15, 0.2) is 14.1 Å². The first-order valence-electron chi connectivity index (χ1n) is 12.7. The molecule has 0 saturated carbocycles. The number of carbonyl (C=O) groups is 2. The smallest absolute Gasteiger partial charge is 0.305 e. The van der Waals surface area contributed by atoms with E-state index in [0.717, 1.165) is 27.7 Å². The van der Waals surface area contributed by atoms with E-state index in [2.05, 4.69) is 52.3 Å². The first kappa shape index (κ1) is 28.5. The highest BCUT2D eigenvalue weighted by atomic mass is 28.4. The minimum absolute atomic E-state index is 0.0108. The molecule has 1 atom stereocenters. The number of carbonyl (C=O) groups excluding carboxylic acids is 1. The zero-order chi connectivity index (χ0) is 27.5. The predicted molar refractivity (Wildman–Crippen MR) is 151 cm³/mol. The van der Waals surface area contributed by atoms with Crippen LogP contribution in [0, 0.1) is 5.82 Å². The second-order valence-electron chi connectivity index (χ2n) is 11.3. The van der Waals surface area contributed by atoms with E-state index in [-0.39, 0.29) is 35.5 Å². The SMILES string of the molecule is CC(C)n1c(/C=C/C(=O)C[C@H](CC(=O)O)O[Si](C)(C)C(C)(C)C)c(-c2ccc(F)cc2)c2ccccc21. The molecule has 0 aliphatic rings. The van der Waals surface area contributed by atoms with E-state index in [0.29, 0.717) is 0 Å². The first-order valence-corrected chi connectivity index (χ1v) is 15.6. The maximum absolute atomic E-state index is 13.7. The van der Waals surface area contributed by atoms with Gasteiger partial charge in [-0.25, -0.2) is 4.39 Å². The van der Waals surface area contributed by atoms with E-state index < -0.39 is 20.4 Å². The topological polar surface area (TPSA) is 68.5 Å². The maximum atomic E-state index is 13.7. The van der Waals surface area contributed by atoms with Crippen LogP contribution in [-0.2, 0) is 14.0 Å². The van der Waals surface area contributed by atoms with Crippen LogP contribution in [0.4, 0.5) is 4.39 Å². The van der Waals surface area contributed by atoms with Gasteiger partial charge in [-0.2, -0.15) is 0 Å². The van der Waals surface area contributed by atoms with Crippen molar-refractivity contribution in [3.63, 3.8) is 0 Å². The van der Waals surface area contributed by atoms with Crippen LogP contribution in [-0.4, -0.2) is 35.8 Å². The summed E-state index contributed by atoms with van der Waals surface area (Å²) in [6.07, 6.45) is 2.39. The number of ketones is 1. The lowest BCUT2D eigenvalue weighted by Crippen LogP contribution is -2.44. The van der Waals surface area contributed by atoms with Gasteiger partial charge in [0.2, 0.25) is 0 Å². The molecule has 0 radical (unpaired) electrons. The Morgan fingerprint density at radius 2 is 1.68 bits per heavy atom. The highest BCUT2D eigenvalue weighted by Crippen LogP contribution is 2.39. The number of carboxylic acid groups (broad SMARTS) is 1. The summed E-state index contributed by atoms with van der Waals surface area (Å²) in [6, 6.07) is 14.5. The third-order valence-electron chi connectivity index (χ3n) is 7.12. The zero-order valence-corrected chi connectivity index (χ0v) is 23.8. The average Bonchev–Trinajstić information content (AvgIpc) is 3.11. The Bertz CT molecular complexity index is 1300. The molecule has 37 heavy (non-hydrogen) atoms. The van der Waals surface area contributed by atoms with Gasteiger partial charge >= 0.3 is 5.97 Å². The van der Waals surface area contributed by atoms with Crippen molar-refractivity contribution >= 4 is 37.0 Å². The number of hydrogen-bond acceptors (Lipinski definition) is 3. The summed E-state index contributed by atoms with van der Waals surface area (Å²) in [5, 5.41) is 10.3. The number of halogens is 1. The fraction of sp³-hybridized carbons (Fsp3) is 0.400. The van der Waals surface area contributed by atoms with Crippen LogP contribution in [0.25, 0.3) is 28.1 Å². The first-order chi connectivity index (χ1) is 17.2. The average molecular weight is 524 g/mol. The van der Waals surface area contributed by atoms with Gasteiger partial charge in [0.05, 0.1) is 18.2 Å². The Morgan fingerprint density at radius 1 is 1.05 bits per heavy atom. The highest BCUT2D eigenvalue weighted by molar-refractivity contribution is 6.74. The number of allylic oxidation sites excluding steroid dienone is 1. The second-order valence-corrected chi connectivity index (χ2v) is 16.1. The van der Waals surface area contributed by atoms with Crippen molar-refractivity contribution in [1.82, 2.24) is 4.57 Å². The molecule has 7 heteroatoms. The monoisotopic (exact) mass is 523 g/mol. The molecule has 0 amide bonds. The van der Waals surface area contributed by atoms with Crippen molar-refractivity contribution in [2.45, 2.75) is 77.7 Å². The minimum Gasteiger partial charge on any atom is -0.481 e. The van der Waals surface area contributed by atoms with Gasteiger partial charge < -0.3 is 14.1 Å². The van der Waals surface area contributed by atoms with Crippen LogP contribution in [0.2, 0.25) is 18.1 Å². The summed E-state index contributed by atoms with van der Waals surface area (Å²) in [5.74, 6) is -1.50. The quantitative estimate of drug-likeness (QED) is 0.217. The van der Waals surface area contributed by atoms with Crippen LogP contribution in [0.5, 0.6) is 0 Å². The number of para-hydroxylation sites is 1. The van der Waals surface area contributed by atoms with Crippen LogP contribution < -0.4 is 0 Å². The van der Waals surface area contributed by atoms with Gasteiger partial charge in [-0.15, -0.1) is 0 Å². The van der Waals surface area contributed by atoms with Crippen molar-refractivity contribution in [1.29, 1.82) is 0 Å². The van der Waals surface area contributed by atoms with E-state index in [1.54, 1.807) is 18.2 Å². The Kier molecular flexibility index (Phi) is 8.60. The summed E-state index contributed by atoms with van der Waals surface area (Å²) < 4.78 is 22.2. The molecule has 1 aromatic heterocycles. The minimum atomic E-state index is -2.27. The molecule has 1 heterocycles. The number of rotatable bonds is 10. The van der Waals surface area contributed by atoms with Crippen molar-refractivity contribution in [2.24, 2.45) is 0 Å². The lowest BCUT2D eigenvalue weighted by atomic mass is 10.0. The van der Waals surface area contributed by atoms with E-state index >= 15 is 0 Å². The molecule has 0 aliphatic heterocycles. The van der Waals surface area contributed by atoms with E-state index in [1.807, 2.05) is 24.3 Å². The third-order valence-corrected chi connectivity index (χ3v) is 11.7. The molecule has 0 bridgehead atoms. The molecule has 1 N–H and O–H groups in total. The Balaban J connectivity index is 2.01. The van der Waals surface area contributed by atoms with Gasteiger partial charge in [0.1, 0.15) is 5.82 Å². The summed E-state index contributed by atoms with van der Waals surface area (Å²) in [5.41, 5.74) is 3.65. The molecule has 0 unspecified atom stereocenters. The molecule has 3 rings (SSSR count). The molecule has 0 aliphatic carbocycles. The number of nitrogens with zero attached hydrogens (tertiary/aromatic N) is 1. The van der Waals surface area contributed by atoms with Crippen LogP contribution in [0.15, 0.2) is 54.6 Å². The number of aliphatic carboxylic acids is 1. The van der Waals surface area contributed by atoms with Crippen molar-refractivity contribution in [3.8, 4) is 11.1 Å². The van der Waals surface area contributed by atoms with E-state index in [1.165, 1.54) is 18.2 Å². The van der Waals surface area contributed by atoms with Crippen LogP contribution in [0.1, 0.15) is 59.2 Å². The highest BCUT2D eigenvalue weighted by Gasteiger charge is 2.39. The predicted octanol–water partition coefficient (Wildman–Crippen LogP) is 7.87. The molecule has 0 fully saturated rings. The normalized spacial score (nSPS) is 13.5. The van der Waals surface area contributed by atoms with Gasteiger partial charge in [0.25, 0.3) is 0 Å². The van der Waals surface area contributed by atoms with Gasteiger partial charge in [-0.3, -0.25) is 9.59 Å². The largest absolute Gasteiger partial charge is 0.481 e. The van der Waals surface area contributed by atoms with E-state index in [4.69, 9.17) is 4.43 Å². The summed E-state index contributed by atoms with van der Waals surface area (Å²) in [6.45, 7) is 14.5. The summed E-state index contributed by atoms with van der Waals surface area (Å²) in [7, 11) is -2.27. The number of carboxylic acids is 1. The maximum Gasteiger partial charge on any atom is 0.305 e. The van der Waals surface area contributed by atoms with Crippen LogP contribution in [0.3, 0.4) is 0 Å². The third kappa shape index (κ3) is 6.65. The Morgan fingerprint density at radius 3 is 2.24 bits per heavy atom. The molecular weight excluding hydrogens is 485 g/mol. The van der Waals surface area contributed by atoms with Gasteiger partial charge in [0, 0.05) is 28.9 Å². The number of hydrogen-bond donors (Lipinski definition) is 1. The second kappa shape index (κ2) is 11.2. The summed E-state index contributed by atoms with van der Waals surface area (Å²) >= 11 is 0. The fourth-order valence-corrected chi connectivity index (χ4v) is 5.68. The molecular formula is C30H38FNO4Si. The number of fused-ring (bicyclic) bond motifs is 1. The van der Waals surface area contributed by atoms with Crippen LogP contribution >= 0.6 is 0 Å². The van der Waals surface area contributed by atoms with Gasteiger partial charge in [-0.1, -0.05) is 51.1 Å². The van der Waals surface area contributed by atoms with Crippen molar-refractivity contribution < 1.29 is 23.5 Å². The lowest BCUT2D eigenvalue weighted by molar-refractivity contribution is -0.139. The number of benzene rings is 2. The molecule has 3 aromatic rings. The molecule has 0 spiro atoms. The fourth-order valence-electron chi connectivity index (χ4n) is 4.33. The van der Waals surface area contributed by atoms with Crippen molar-refractivity contribution in [3.05, 3.63) is 66.1 Å². The molecule has 2 aromatic carbocycles. The molecule has 5 nitrogen and oxygen atoms in total. The van der Waals surface area contributed by atoms with Gasteiger partial charge in [-0.05, 0) is 67.9 Å². The zero-order valence-electron chi connectivity index (χ0n) is 22.8. The summed E-state index contributed by atoms with van der Waals surface area (Å²) in [4.78, 5) is 24.7. The molecule has 0 saturated heterocycles. The Labute approximate surface area is 220 Å². The van der Waals surface area contributed by atoms with E-state index in [9.17, 15) is 19.1 Å².